The molecule has 3 aromatic carbocycles. The maximum atomic E-state index is 14.1. The molecule has 3 aromatic rings. The van der Waals surface area contributed by atoms with Crippen molar-refractivity contribution in [1.82, 2.24) is 10.2 Å². The third kappa shape index (κ3) is 7.73. The highest BCUT2D eigenvalue weighted by atomic mass is 32.2. The molecule has 1 aliphatic carbocycles. The van der Waals surface area contributed by atoms with E-state index in [-0.39, 0.29) is 23.4 Å². The summed E-state index contributed by atoms with van der Waals surface area (Å²) in [5.74, 6) is -1.20. The summed E-state index contributed by atoms with van der Waals surface area (Å²) in [4.78, 5) is 29.1. The number of amides is 2. The maximum Gasteiger partial charge on any atom is 0.264 e. The van der Waals surface area contributed by atoms with Gasteiger partial charge in [0.1, 0.15) is 18.4 Å². The second kappa shape index (κ2) is 13.8. The van der Waals surface area contributed by atoms with Crippen LogP contribution in [0.15, 0.2) is 83.8 Å². The molecule has 0 heterocycles. The van der Waals surface area contributed by atoms with Crippen LogP contribution in [-0.4, -0.2) is 43.8 Å². The van der Waals surface area contributed by atoms with Gasteiger partial charge in [0.05, 0.1) is 10.6 Å². The van der Waals surface area contributed by atoms with Gasteiger partial charge in [-0.15, -0.1) is 0 Å². The van der Waals surface area contributed by atoms with Crippen LogP contribution in [-0.2, 0) is 26.2 Å². The number of anilines is 1. The van der Waals surface area contributed by atoms with Gasteiger partial charge in [0, 0.05) is 12.6 Å². The van der Waals surface area contributed by atoms with E-state index in [2.05, 4.69) is 5.32 Å². The van der Waals surface area contributed by atoms with Crippen molar-refractivity contribution in [1.29, 1.82) is 0 Å². The standard InChI is InChI=1S/C32H38FN3O4S/c1-3-30(32(38)34-27-10-6-4-7-11-27)35(22-25-16-18-26(33)19-17-25)31(37)23-36(28-12-8-5-9-13-28)41(39,40)29-20-14-24(2)15-21-29/h5,8-9,12-21,27,30H,3-4,6-7,10-11,22-23H2,1-2H3,(H,34,38)/t30-/m0/s1. The van der Waals surface area contributed by atoms with E-state index in [1.165, 1.54) is 29.2 Å². The van der Waals surface area contributed by atoms with Crippen LogP contribution in [0.25, 0.3) is 0 Å². The highest BCUT2D eigenvalue weighted by molar-refractivity contribution is 7.92. The van der Waals surface area contributed by atoms with Crippen LogP contribution in [0.4, 0.5) is 10.1 Å². The summed E-state index contributed by atoms with van der Waals surface area (Å²) < 4.78 is 42.5. The Bertz CT molecular complexity index is 1410. The first-order valence-corrected chi connectivity index (χ1v) is 15.6. The summed E-state index contributed by atoms with van der Waals surface area (Å²) in [5.41, 5.74) is 1.88. The summed E-state index contributed by atoms with van der Waals surface area (Å²) >= 11 is 0. The lowest BCUT2D eigenvalue weighted by molar-refractivity contribution is -0.140. The second-order valence-corrected chi connectivity index (χ2v) is 12.4. The monoisotopic (exact) mass is 579 g/mol. The molecule has 1 atom stereocenters. The summed E-state index contributed by atoms with van der Waals surface area (Å²) in [5, 5.41) is 3.12. The lowest BCUT2D eigenvalue weighted by Gasteiger charge is -2.34. The Morgan fingerprint density at radius 3 is 2.17 bits per heavy atom. The van der Waals surface area contributed by atoms with Gasteiger partial charge in [-0.05, 0) is 68.1 Å². The Morgan fingerprint density at radius 2 is 1.56 bits per heavy atom. The van der Waals surface area contributed by atoms with Crippen LogP contribution in [0.1, 0.15) is 56.6 Å². The zero-order chi connectivity index (χ0) is 29.4. The highest BCUT2D eigenvalue weighted by Gasteiger charge is 2.34. The Hall–Kier alpha value is -3.72. The van der Waals surface area contributed by atoms with Gasteiger partial charge in [-0.2, -0.15) is 0 Å². The van der Waals surface area contributed by atoms with E-state index in [0.29, 0.717) is 17.7 Å². The average Bonchev–Trinajstić information content (AvgIpc) is 2.98. The minimum Gasteiger partial charge on any atom is -0.352 e. The van der Waals surface area contributed by atoms with E-state index >= 15 is 0 Å². The fourth-order valence-electron chi connectivity index (χ4n) is 5.21. The van der Waals surface area contributed by atoms with Gasteiger partial charge < -0.3 is 10.2 Å². The predicted octanol–water partition coefficient (Wildman–Crippen LogP) is 5.59. The number of hydrogen-bond acceptors (Lipinski definition) is 4. The molecular formula is C32H38FN3O4S. The Balaban J connectivity index is 1.68. The number of aryl methyl sites for hydroxylation is 1. The molecule has 9 heteroatoms. The molecule has 7 nitrogen and oxygen atoms in total. The van der Waals surface area contributed by atoms with E-state index in [1.807, 2.05) is 13.8 Å². The van der Waals surface area contributed by atoms with Gasteiger partial charge in [0.25, 0.3) is 10.0 Å². The SMILES string of the molecule is CC[C@@H](C(=O)NC1CCCCC1)N(Cc1ccc(F)cc1)C(=O)CN(c1ccccc1)S(=O)(=O)c1ccc(C)cc1. The molecule has 0 radical (unpaired) electrons. The molecule has 4 rings (SSSR count). The molecule has 41 heavy (non-hydrogen) atoms. The molecule has 0 aliphatic heterocycles. The molecule has 0 unspecified atom stereocenters. The van der Waals surface area contributed by atoms with Crippen LogP contribution >= 0.6 is 0 Å². The predicted molar refractivity (Wildman–Crippen MR) is 158 cm³/mol. The Kier molecular flexibility index (Phi) is 10.2. The second-order valence-electron chi connectivity index (χ2n) is 10.6. The van der Waals surface area contributed by atoms with Crippen LogP contribution in [0, 0.1) is 12.7 Å². The quantitative estimate of drug-likeness (QED) is 0.321. The number of halogens is 1. The minimum atomic E-state index is -4.12. The largest absolute Gasteiger partial charge is 0.352 e. The molecule has 218 valence electrons. The van der Waals surface area contributed by atoms with E-state index in [9.17, 15) is 22.4 Å². The van der Waals surface area contributed by atoms with Gasteiger partial charge in [0.15, 0.2) is 0 Å². The van der Waals surface area contributed by atoms with Crippen molar-refractivity contribution in [2.45, 2.75) is 75.9 Å². The van der Waals surface area contributed by atoms with Crippen molar-refractivity contribution >= 4 is 27.5 Å². The number of nitrogens with one attached hydrogen (secondary N) is 1. The van der Waals surface area contributed by atoms with Gasteiger partial charge in [-0.3, -0.25) is 13.9 Å². The van der Waals surface area contributed by atoms with Crippen molar-refractivity contribution in [3.05, 3.63) is 95.8 Å². The smallest absolute Gasteiger partial charge is 0.264 e. The average molecular weight is 580 g/mol. The lowest BCUT2D eigenvalue weighted by atomic mass is 9.95. The van der Waals surface area contributed by atoms with Gasteiger partial charge >= 0.3 is 0 Å². The third-order valence-electron chi connectivity index (χ3n) is 7.54. The van der Waals surface area contributed by atoms with Crippen LogP contribution in [0.2, 0.25) is 0 Å². The van der Waals surface area contributed by atoms with Gasteiger partial charge in [-0.25, -0.2) is 12.8 Å². The minimum absolute atomic E-state index is 0.0307. The molecule has 2 amide bonds. The molecule has 1 N–H and O–H groups in total. The first-order valence-electron chi connectivity index (χ1n) is 14.2. The van der Waals surface area contributed by atoms with Crippen LogP contribution in [0.3, 0.4) is 0 Å². The van der Waals surface area contributed by atoms with Crippen molar-refractivity contribution < 1.29 is 22.4 Å². The summed E-state index contributed by atoms with van der Waals surface area (Å²) in [6.45, 7) is 3.22. The van der Waals surface area contributed by atoms with Crippen LogP contribution in [0.5, 0.6) is 0 Å². The molecule has 0 saturated heterocycles. The molecule has 0 spiro atoms. The van der Waals surface area contributed by atoms with Gasteiger partial charge in [0.2, 0.25) is 11.8 Å². The van der Waals surface area contributed by atoms with Gasteiger partial charge in [-0.1, -0.05) is 74.2 Å². The zero-order valence-electron chi connectivity index (χ0n) is 23.6. The fourth-order valence-corrected chi connectivity index (χ4v) is 6.62. The van der Waals surface area contributed by atoms with E-state index < -0.39 is 34.3 Å². The number of para-hydroxylation sites is 1. The fraction of sp³-hybridized carbons (Fsp3) is 0.375. The highest BCUT2D eigenvalue weighted by Crippen LogP contribution is 2.25. The Labute approximate surface area is 242 Å². The maximum absolute atomic E-state index is 14.1. The number of carbonyl (C=O) groups excluding carboxylic acids is 2. The normalized spacial score (nSPS) is 14.7. The molecule has 1 fully saturated rings. The first-order chi connectivity index (χ1) is 19.7. The molecule has 0 aromatic heterocycles. The third-order valence-corrected chi connectivity index (χ3v) is 9.32. The van der Waals surface area contributed by atoms with Crippen molar-refractivity contribution in [2.75, 3.05) is 10.8 Å². The topological polar surface area (TPSA) is 86.8 Å². The number of benzene rings is 3. The lowest BCUT2D eigenvalue weighted by Crippen LogP contribution is -2.54. The van der Waals surface area contributed by atoms with Crippen molar-refractivity contribution in [3.8, 4) is 0 Å². The van der Waals surface area contributed by atoms with E-state index in [0.717, 1.165) is 42.0 Å². The van der Waals surface area contributed by atoms with Crippen LogP contribution < -0.4 is 9.62 Å². The van der Waals surface area contributed by atoms with Crippen molar-refractivity contribution in [2.24, 2.45) is 0 Å². The summed E-state index contributed by atoms with van der Waals surface area (Å²) in [6, 6.07) is 19.9. The number of hydrogen-bond donors (Lipinski definition) is 1. The molecule has 0 bridgehead atoms. The molecular weight excluding hydrogens is 541 g/mol. The first kappa shape index (κ1) is 30.2. The number of sulfonamides is 1. The van der Waals surface area contributed by atoms with E-state index in [4.69, 9.17) is 0 Å². The zero-order valence-corrected chi connectivity index (χ0v) is 24.4. The van der Waals surface area contributed by atoms with Crippen molar-refractivity contribution in [3.63, 3.8) is 0 Å². The number of nitrogens with zero attached hydrogens (tertiary/aromatic N) is 2. The Morgan fingerprint density at radius 1 is 0.927 bits per heavy atom. The number of rotatable bonds is 11. The number of carbonyl (C=O) groups is 2. The van der Waals surface area contributed by atoms with E-state index in [1.54, 1.807) is 54.6 Å². The summed E-state index contributed by atoms with van der Waals surface area (Å²) in [6.07, 6.45) is 5.35. The summed E-state index contributed by atoms with van der Waals surface area (Å²) in [7, 11) is -4.12. The molecule has 1 aliphatic rings. The molecule has 1 saturated carbocycles.